The molecule has 30 heavy (non-hydrogen) atoms. The van der Waals surface area contributed by atoms with Crippen LogP contribution in [-0.2, 0) is 4.74 Å². The van der Waals surface area contributed by atoms with Crippen LogP contribution in [-0.4, -0.2) is 35.7 Å². The summed E-state index contributed by atoms with van der Waals surface area (Å²) in [7, 11) is 1.30. The fourth-order valence-electron chi connectivity index (χ4n) is 3.70. The Balaban J connectivity index is 1.96. The zero-order valence-electron chi connectivity index (χ0n) is 16.7. The maximum Gasteiger partial charge on any atom is 0.337 e. The van der Waals surface area contributed by atoms with Gasteiger partial charge in [-0.25, -0.2) is 18.7 Å². The average Bonchev–Trinajstić information content (AvgIpc) is 2.75. The van der Waals surface area contributed by atoms with Gasteiger partial charge in [-0.15, -0.1) is 0 Å². The summed E-state index contributed by atoms with van der Waals surface area (Å²) in [4.78, 5) is 32.2. The van der Waals surface area contributed by atoms with Crippen LogP contribution in [0.4, 0.5) is 10.3 Å². The molecule has 8 heteroatoms. The van der Waals surface area contributed by atoms with Gasteiger partial charge in [-0.1, -0.05) is 18.5 Å². The Bertz CT molecular complexity index is 1190. The van der Waals surface area contributed by atoms with Crippen LogP contribution in [0, 0.1) is 11.7 Å². The van der Waals surface area contributed by atoms with Crippen molar-refractivity contribution in [1.29, 1.82) is 0 Å². The summed E-state index contributed by atoms with van der Waals surface area (Å²) in [5, 5.41) is 0.274. The van der Waals surface area contributed by atoms with Crippen LogP contribution in [0.25, 0.3) is 16.6 Å². The predicted octanol–water partition coefficient (Wildman–Crippen LogP) is 4.20. The van der Waals surface area contributed by atoms with Gasteiger partial charge in [0.25, 0.3) is 5.56 Å². The first-order valence-corrected chi connectivity index (χ1v) is 10.1. The Morgan fingerprint density at radius 2 is 1.93 bits per heavy atom. The number of ether oxygens (including phenoxy) is 1. The van der Waals surface area contributed by atoms with Gasteiger partial charge in [0.05, 0.1) is 34.3 Å². The van der Waals surface area contributed by atoms with Gasteiger partial charge in [0, 0.05) is 13.1 Å². The van der Waals surface area contributed by atoms with Crippen molar-refractivity contribution in [1.82, 2.24) is 9.55 Å². The second-order valence-corrected chi connectivity index (χ2v) is 7.95. The number of piperidine rings is 1. The normalized spacial score (nSPS) is 14.9. The number of halogens is 2. The van der Waals surface area contributed by atoms with E-state index in [0.717, 1.165) is 25.9 Å². The Morgan fingerprint density at radius 3 is 2.60 bits per heavy atom. The quantitative estimate of drug-likeness (QED) is 0.584. The van der Waals surface area contributed by atoms with Crippen molar-refractivity contribution < 1.29 is 13.9 Å². The third-order valence-corrected chi connectivity index (χ3v) is 5.79. The molecule has 0 amide bonds. The molecule has 0 atom stereocenters. The van der Waals surface area contributed by atoms with Crippen LogP contribution in [0.3, 0.4) is 0 Å². The second-order valence-electron chi connectivity index (χ2n) is 7.54. The first-order chi connectivity index (χ1) is 14.4. The molecule has 1 saturated heterocycles. The van der Waals surface area contributed by atoms with Gasteiger partial charge in [-0.3, -0.25) is 4.79 Å². The highest BCUT2D eigenvalue weighted by molar-refractivity contribution is 6.30. The van der Waals surface area contributed by atoms with Crippen molar-refractivity contribution in [3.8, 4) is 5.69 Å². The van der Waals surface area contributed by atoms with Crippen molar-refractivity contribution in [3.63, 3.8) is 0 Å². The van der Waals surface area contributed by atoms with Crippen molar-refractivity contribution in [2.24, 2.45) is 5.92 Å². The van der Waals surface area contributed by atoms with E-state index in [9.17, 15) is 14.0 Å². The Kier molecular flexibility index (Phi) is 5.47. The number of hydrogen-bond donors (Lipinski definition) is 0. The predicted molar refractivity (Wildman–Crippen MR) is 114 cm³/mol. The molecule has 1 aliphatic heterocycles. The molecule has 0 aliphatic carbocycles. The highest BCUT2D eigenvalue weighted by Crippen LogP contribution is 2.27. The van der Waals surface area contributed by atoms with Crippen molar-refractivity contribution >= 4 is 34.4 Å². The van der Waals surface area contributed by atoms with Crippen LogP contribution >= 0.6 is 11.6 Å². The smallest absolute Gasteiger partial charge is 0.337 e. The molecule has 0 bridgehead atoms. The minimum absolute atomic E-state index is 0.0706. The van der Waals surface area contributed by atoms with E-state index >= 15 is 0 Å². The van der Waals surface area contributed by atoms with Crippen LogP contribution in [0.5, 0.6) is 0 Å². The number of esters is 1. The first kappa shape index (κ1) is 20.3. The number of rotatable bonds is 3. The summed E-state index contributed by atoms with van der Waals surface area (Å²) in [6.45, 7) is 3.68. The minimum Gasteiger partial charge on any atom is -0.465 e. The lowest BCUT2D eigenvalue weighted by Gasteiger charge is -2.32. The summed E-state index contributed by atoms with van der Waals surface area (Å²) in [5.74, 6) is -0.0167. The maximum atomic E-state index is 13.7. The van der Waals surface area contributed by atoms with E-state index < -0.39 is 11.8 Å². The Hall–Kier alpha value is -2.93. The summed E-state index contributed by atoms with van der Waals surface area (Å²) in [6, 6.07) is 8.80. The fourth-order valence-corrected chi connectivity index (χ4v) is 3.87. The molecule has 1 aliphatic rings. The van der Waals surface area contributed by atoms with Crippen LogP contribution in [0.2, 0.25) is 5.02 Å². The van der Waals surface area contributed by atoms with E-state index in [4.69, 9.17) is 21.3 Å². The molecule has 1 fully saturated rings. The number of fused-ring (bicyclic) bond motifs is 1. The molecule has 156 valence electrons. The molecule has 3 aromatic rings. The molecule has 1 aromatic heterocycles. The number of carbonyl (C=O) groups is 1. The summed E-state index contributed by atoms with van der Waals surface area (Å²) >= 11 is 5.99. The minimum atomic E-state index is -0.557. The molecule has 2 heterocycles. The Labute approximate surface area is 177 Å². The standard InChI is InChI=1S/C22H21ClFN3O3/c1-13-7-9-26(10-8-13)22-25-19-11-14(21(29)30-2)3-5-16(19)20(28)27(22)15-4-6-18(24)17(23)12-15/h3-6,11-13H,7-10H2,1-2H3. The second kappa shape index (κ2) is 8.07. The fraction of sp³-hybridized carbons (Fsp3) is 0.318. The van der Waals surface area contributed by atoms with E-state index in [2.05, 4.69) is 6.92 Å². The monoisotopic (exact) mass is 429 g/mol. The van der Waals surface area contributed by atoms with E-state index in [-0.39, 0.29) is 10.6 Å². The molecule has 0 unspecified atom stereocenters. The van der Waals surface area contributed by atoms with Crippen LogP contribution in [0.1, 0.15) is 30.1 Å². The van der Waals surface area contributed by atoms with Gasteiger partial charge in [0.2, 0.25) is 5.95 Å². The Morgan fingerprint density at radius 1 is 1.20 bits per heavy atom. The van der Waals surface area contributed by atoms with E-state index in [1.807, 2.05) is 4.90 Å². The van der Waals surface area contributed by atoms with E-state index in [0.29, 0.717) is 34.0 Å². The lowest BCUT2D eigenvalue weighted by Crippen LogP contribution is -2.38. The third kappa shape index (κ3) is 3.65. The van der Waals surface area contributed by atoms with Gasteiger partial charge >= 0.3 is 5.97 Å². The molecule has 4 rings (SSSR count). The van der Waals surface area contributed by atoms with E-state index in [1.165, 1.54) is 35.9 Å². The lowest BCUT2D eigenvalue weighted by atomic mass is 9.99. The lowest BCUT2D eigenvalue weighted by molar-refractivity contribution is 0.0601. The molecule has 6 nitrogen and oxygen atoms in total. The number of methoxy groups -OCH3 is 1. The molecular formula is C22H21ClFN3O3. The maximum absolute atomic E-state index is 13.7. The van der Waals surface area contributed by atoms with Crippen molar-refractivity contribution in [3.05, 3.63) is 63.2 Å². The van der Waals surface area contributed by atoms with E-state index in [1.54, 1.807) is 12.1 Å². The van der Waals surface area contributed by atoms with Gasteiger partial charge in [-0.2, -0.15) is 0 Å². The topological polar surface area (TPSA) is 64.4 Å². The van der Waals surface area contributed by atoms with Gasteiger partial charge in [0.15, 0.2) is 0 Å². The van der Waals surface area contributed by atoms with Gasteiger partial charge < -0.3 is 9.64 Å². The molecule has 0 N–H and O–H groups in total. The summed E-state index contributed by atoms with van der Waals surface area (Å²) in [6.07, 6.45) is 1.95. The zero-order valence-corrected chi connectivity index (χ0v) is 17.4. The first-order valence-electron chi connectivity index (χ1n) is 9.74. The van der Waals surface area contributed by atoms with Crippen LogP contribution in [0.15, 0.2) is 41.2 Å². The third-order valence-electron chi connectivity index (χ3n) is 5.50. The number of hydrogen-bond acceptors (Lipinski definition) is 5. The molecular weight excluding hydrogens is 409 g/mol. The van der Waals surface area contributed by atoms with Gasteiger partial charge in [-0.05, 0) is 55.2 Å². The highest BCUT2D eigenvalue weighted by Gasteiger charge is 2.23. The van der Waals surface area contributed by atoms with Crippen molar-refractivity contribution in [2.75, 3.05) is 25.1 Å². The molecule has 0 spiro atoms. The number of anilines is 1. The number of nitrogens with zero attached hydrogens (tertiary/aromatic N) is 3. The SMILES string of the molecule is COC(=O)c1ccc2c(=O)n(-c3ccc(F)c(Cl)c3)c(N3CCC(C)CC3)nc2c1. The average molecular weight is 430 g/mol. The van der Waals surface area contributed by atoms with Crippen LogP contribution < -0.4 is 10.5 Å². The molecule has 0 radical (unpaired) electrons. The van der Waals surface area contributed by atoms with Gasteiger partial charge in [0.1, 0.15) is 5.82 Å². The van der Waals surface area contributed by atoms with Crippen molar-refractivity contribution in [2.45, 2.75) is 19.8 Å². The number of aromatic nitrogens is 2. The largest absolute Gasteiger partial charge is 0.465 e. The number of benzene rings is 2. The highest BCUT2D eigenvalue weighted by atomic mass is 35.5. The molecule has 0 saturated carbocycles. The molecule has 2 aromatic carbocycles. The summed E-state index contributed by atoms with van der Waals surface area (Å²) in [5.41, 5.74) is 0.845. The zero-order chi connectivity index (χ0) is 21.4. The number of carbonyl (C=O) groups excluding carboxylic acids is 1. The summed E-state index contributed by atoms with van der Waals surface area (Å²) < 4.78 is 20.0.